The fourth-order valence-electron chi connectivity index (χ4n) is 3.84. The molecule has 2 aromatic rings. The summed E-state index contributed by atoms with van der Waals surface area (Å²) < 4.78 is 2.36. The largest absolute Gasteiger partial charge is 0.312 e. The van der Waals surface area contributed by atoms with E-state index in [9.17, 15) is 0 Å². The summed E-state index contributed by atoms with van der Waals surface area (Å²) in [7, 11) is 0. The van der Waals surface area contributed by atoms with Crippen LogP contribution in [0, 0.1) is 0 Å². The molecule has 3 nitrogen and oxygen atoms in total. The van der Waals surface area contributed by atoms with Gasteiger partial charge in [-0.15, -0.1) is 0 Å². The van der Waals surface area contributed by atoms with Crippen LogP contribution < -0.4 is 5.32 Å². The summed E-state index contributed by atoms with van der Waals surface area (Å²) in [6.45, 7) is 1.99. The van der Waals surface area contributed by atoms with Crippen molar-refractivity contribution in [1.29, 1.82) is 0 Å². The Hall–Kier alpha value is -1.32. The van der Waals surface area contributed by atoms with Crippen molar-refractivity contribution >= 4 is 11.6 Å². The summed E-state index contributed by atoms with van der Waals surface area (Å²) >= 11 is 6.03. The lowest BCUT2D eigenvalue weighted by molar-refractivity contribution is 0.320. The summed E-state index contributed by atoms with van der Waals surface area (Å²) in [6.07, 6.45) is 7.71. The summed E-state index contributed by atoms with van der Waals surface area (Å²) in [5, 5.41) is 9.33. The van der Waals surface area contributed by atoms with Crippen LogP contribution in [0.15, 0.2) is 24.3 Å². The highest BCUT2D eigenvalue weighted by atomic mass is 35.5. The van der Waals surface area contributed by atoms with E-state index in [-0.39, 0.29) is 0 Å². The molecular weight excluding hydrogens is 294 g/mol. The summed E-state index contributed by atoms with van der Waals surface area (Å²) in [5.41, 5.74) is 5.16. The molecule has 1 aliphatic heterocycles. The topological polar surface area (TPSA) is 29.9 Å². The van der Waals surface area contributed by atoms with Crippen LogP contribution in [0.25, 0.3) is 11.3 Å². The zero-order valence-corrected chi connectivity index (χ0v) is 13.6. The van der Waals surface area contributed by atoms with Gasteiger partial charge < -0.3 is 5.32 Å². The number of rotatable bonds is 2. The first-order chi connectivity index (χ1) is 10.8. The molecule has 2 heterocycles. The molecule has 4 heteroatoms. The van der Waals surface area contributed by atoms with Crippen LogP contribution >= 0.6 is 11.6 Å². The second kappa shape index (κ2) is 6.05. The van der Waals surface area contributed by atoms with Crippen molar-refractivity contribution in [2.24, 2.45) is 0 Å². The molecule has 1 aromatic heterocycles. The molecule has 0 bridgehead atoms. The van der Waals surface area contributed by atoms with Crippen molar-refractivity contribution in [3.8, 4) is 11.3 Å². The van der Waals surface area contributed by atoms with Gasteiger partial charge in [-0.3, -0.25) is 4.68 Å². The second-order valence-electron chi connectivity index (χ2n) is 6.44. The molecule has 4 rings (SSSR count). The normalized spacial score (nSPS) is 19.1. The number of hydrogen-bond acceptors (Lipinski definition) is 2. The van der Waals surface area contributed by atoms with E-state index in [0.29, 0.717) is 6.04 Å². The molecule has 0 saturated heterocycles. The Balaban J connectivity index is 1.78. The number of nitrogens with one attached hydrogen (secondary N) is 1. The van der Waals surface area contributed by atoms with E-state index in [1.54, 1.807) is 0 Å². The fraction of sp³-hybridized carbons (Fsp3) is 0.500. The number of hydrogen-bond donors (Lipinski definition) is 1. The maximum Gasteiger partial charge on any atom is 0.0971 e. The molecular formula is C18H22ClN3. The fourth-order valence-corrected chi connectivity index (χ4v) is 3.97. The standard InChI is InChI=1S/C18H22ClN3/c19-14-8-6-13(7-9-14)18-16-12-20-11-10-17(16)22(21-18)15-4-2-1-3-5-15/h6-9,15,20H,1-5,10-12H2. The number of benzene rings is 1. The van der Waals surface area contributed by atoms with Crippen LogP contribution in [0.1, 0.15) is 49.4 Å². The quantitative estimate of drug-likeness (QED) is 0.892. The number of halogens is 1. The highest BCUT2D eigenvalue weighted by molar-refractivity contribution is 6.30. The Labute approximate surface area is 136 Å². The predicted molar refractivity (Wildman–Crippen MR) is 90.2 cm³/mol. The third kappa shape index (κ3) is 2.57. The molecule has 0 spiro atoms. The summed E-state index contributed by atoms with van der Waals surface area (Å²) in [5.74, 6) is 0. The monoisotopic (exact) mass is 315 g/mol. The SMILES string of the molecule is Clc1ccc(-c2nn(C3CCCCC3)c3c2CNCC3)cc1. The van der Waals surface area contributed by atoms with Gasteiger partial charge in [-0.25, -0.2) is 0 Å². The van der Waals surface area contributed by atoms with Crippen LogP contribution in [-0.2, 0) is 13.0 Å². The second-order valence-corrected chi connectivity index (χ2v) is 6.88. The van der Waals surface area contributed by atoms with Gasteiger partial charge in [-0.05, 0) is 25.0 Å². The molecule has 2 aliphatic rings. The smallest absolute Gasteiger partial charge is 0.0971 e. The molecule has 0 atom stereocenters. The van der Waals surface area contributed by atoms with E-state index in [4.69, 9.17) is 16.7 Å². The molecule has 1 saturated carbocycles. The van der Waals surface area contributed by atoms with E-state index in [1.165, 1.54) is 48.9 Å². The molecule has 0 unspecified atom stereocenters. The molecule has 1 N–H and O–H groups in total. The molecule has 1 fully saturated rings. The number of fused-ring (bicyclic) bond motifs is 1. The Morgan fingerprint density at radius 1 is 1.09 bits per heavy atom. The van der Waals surface area contributed by atoms with Gasteiger partial charge >= 0.3 is 0 Å². The van der Waals surface area contributed by atoms with Crippen molar-refractivity contribution in [2.75, 3.05) is 6.54 Å². The van der Waals surface area contributed by atoms with Crippen LogP contribution in [0.5, 0.6) is 0 Å². The van der Waals surface area contributed by atoms with Crippen LogP contribution in [0.2, 0.25) is 5.02 Å². The Kier molecular flexibility index (Phi) is 3.93. The summed E-state index contributed by atoms with van der Waals surface area (Å²) in [6, 6.07) is 8.69. The van der Waals surface area contributed by atoms with Crippen LogP contribution in [0.4, 0.5) is 0 Å². The lowest BCUT2D eigenvalue weighted by Crippen LogP contribution is -2.26. The summed E-state index contributed by atoms with van der Waals surface area (Å²) in [4.78, 5) is 0. The highest BCUT2D eigenvalue weighted by Crippen LogP contribution is 2.34. The van der Waals surface area contributed by atoms with Crippen LogP contribution in [-0.4, -0.2) is 16.3 Å². The Morgan fingerprint density at radius 2 is 1.86 bits per heavy atom. The zero-order chi connectivity index (χ0) is 14.9. The van der Waals surface area contributed by atoms with Gasteiger partial charge in [0.15, 0.2) is 0 Å². The average molecular weight is 316 g/mol. The Bertz CT molecular complexity index is 654. The van der Waals surface area contributed by atoms with Crippen molar-refractivity contribution < 1.29 is 0 Å². The van der Waals surface area contributed by atoms with Gasteiger partial charge in [-0.1, -0.05) is 43.0 Å². The molecule has 1 aromatic carbocycles. The number of aromatic nitrogens is 2. The van der Waals surface area contributed by atoms with E-state index in [1.807, 2.05) is 12.1 Å². The van der Waals surface area contributed by atoms with Crippen LogP contribution in [0.3, 0.4) is 0 Å². The third-order valence-corrected chi connectivity index (χ3v) is 5.25. The van der Waals surface area contributed by atoms with Gasteiger partial charge in [0.2, 0.25) is 0 Å². The lowest BCUT2D eigenvalue weighted by atomic mass is 9.95. The zero-order valence-electron chi connectivity index (χ0n) is 12.8. The molecule has 22 heavy (non-hydrogen) atoms. The maximum absolute atomic E-state index is 6.03. The van der Waals surface area contributed by atoms with E-state index in [0.717, 1.165) is 30.2 Å². The first-order valence-corrected chi connectivity index (χ1v) is 8.77. The minimum Gasteiger partial charge on any atom is -0.312 e. The van der Waals surface area contributed by atoms with E-state index >= 15 is 0 Å². The third-order valence-electron chi connectivity index (χ3n) is 5.00. The molecule has 1 aliphatic carbocycles. The van der Waals surface area contributed by atoms with Crippen molar-refractivity contribution in [3.05, 3.63) is 40.5 Å². The van der Waals surface area contributed by atoms with Crippen molar-refractivity contribution in [1.82, 2.24) is 15.1 Å². The maximum atomic E-state index is 6.03. The first-order valence-electron chi connectivity index (χ1n) is 8.40. The van der Waals surface area contributed by atoms with E-state index < -0.39 is 0 Å². The minimum atomic E-state index is 0.599. The van der Waals surface area contributed by atoms with Crippen molar-refractivity contribution in [3.63, 3.8) is 0 Å². The van der Waals surface area contributed by atoms with Gasteiger partial charge in [0.1, 0.15) is 0 Å². The molecule has 0 amide bonds. The van der Waals surface area contributed by atoms with Gasteiger partial charge in [-0.2, -0.15) is 5.10 Å². The highest BCUT2D eigenvalue weighted by Gasteiger charge is 2.26. The predicted octanol–water partition coefficient (Wildman–Crippen LogP) is 4.35. The molecule has 0 radical (unpaired) electrons. The minimum absolute atomic E-state index is 0.599. The Morgan fingerprint density at radius 3 is 2.64 bits per heavy atom. The van der Waals surface area contributed by atoms with Gasteiger partial charge in [0, 0.05) is 41.4 Å². The lowest BCUT2D eigenvalue weighted by Gasteiger charge is -2.25. The average Bonchev–Trinajstić information content (AvgIpc) is 2.96. The first kappa shape index (κ1) is 14.3. The van der Waals surface area contributed by atoms with Gasteiger partial charge in [0.05, 0.1) is 11.7 Å². The van der Waals surface area contributed by atoms with E-state index in [2.05, 4.69) is 22.1 Å². The van der Waals surface area contributed by atoms with Gasteiger partial charge in [0.25, 0.3) is 0 Å². The van der Waals surface area contributed by atoms with Crippen molar-refractivity contribution in [2.45, 2.75) is 51.1 Å². The number of nitrogens with zero attached hydrogens (tertiary/aromatic N) is 2. The molecule has 116 valence electrons.